The number of rotatable bonds is 5. The zero-order valence-electron chi connectivity index (χ0n) is 17.4. The van der Waals surface area contributed by atoms with Gasteiger partial charge in [0.25, 0.3) is 0 Å². The highest BCUT2D eigenvalue weighted by atomic mass is 32.2. The van der Waals surface area contributed by atoms with Crippen LogP contribution in [0.1, 0.15) is 16.7 Å². The molecular formula is C25H20O6S. The van der Waals surface area contributed by atoms with Crippen LogP contribution in [-0.4, -0.2) is 32.9 Å². The Labute approximate surface area is 186 Å². The Kier molecular flexibility index (Phi) is 5.59. The SMILES string of the molecule is COc1ccc(C2=C(c3ccc(S(C)(=O)=O)cc3)/C(=C/c3ccccc3O)OC2=O)cc1. The van der Waals surface area contributed by atoms with Crippen LogP contribution in [0.4, 0.5) is 0 Å². The molecule has 6 nitrogen and oxygen atoms in total. The molecule has 32 heavy (non-hydrogen) atoms. The molecule has 162 valence electrons. The topological polar surface area (TPSA) is 89.9 Å². The number of hydrogen-bond donors (Lipinski definition) is 1. The van der Waals surface area contributed by atoms with Crippen molar-refractivity contribution in [1.29, 1.82) is 0 Å². The van der Waals surface area contributed by atoms with Crippen LogP contribution in [0.2, 0.25) is 0 Å². The highest BCUT2D eigenvalue weighted by Crippen LogP contribution is 2.41. The number of ether oxygens (including phenoxy) is 2. The summed E-state index contributed by atoms with van der Waals surface area (Å²) in [6.45, 7) is 0. The third-order valence-electron chi connectivity index (χ3n) is 5.08. The van der Waals surface area contributed by atoms with E-state index in [0.717, 1.165) is 6.26 Å². The Morgan fingerprint density at radius 2 is 1.47 bits per heavy atom. The summed E-state index contributed by atoms with van der Waals surface area (Å²) in [7, 11) is -1.82. The average Bonchev–Trinajstić information content (AvgIpc) is 3.10. The van der Waals surface area contributed by atoms with E-state index in [1.54, 1.807) is 67.8 Å². The molecule has 3 aromatic carbocycles. The molecule has 0 spiro atoms. The first kappa shape index (κ1) is 21.4. The lowest BCUT2D eigenvalue weighted by atomic mass is 9.94. The molecule has 4 rings (SSSR count). The first-order chi connectivity index (χ1) is 15.3. The number of sulfone groups is 1. The smallest absolute Gasteiger partial charge is 0.344 e. The van der Waals surface area contributed by atoms with Crippen LogP contribution in [0.3, 0.4) is 0 Å². The molecule has 1 heterocycles. The monoisotopic (exact) mass is 448 g/mol. The number of carbonyl (C=O) groups is 1. The fourth-order valence-electron chi connectivity index (χ4n) is 3.45. The number of phenols is 1. The van der Waals surface area contributed by atoms with Crippen LogP contribution in [-0.2, 0) is 19.4 Å². The predicted octanol–water partition coefficient (Wildman–Crippen LogP) is 4.31. The molecule has 0 atom stereocenters. The Bertz CT molecular complexity index is 1350. The highest BCUT2D eigenvalue weighted by Gasteiger charge is 2.32. The van der Waals surface area contributed by atoms with Crippen molar-refractivity contribution in [3.8, 4) is 11.5 Å². The van der Waals surface area contributed by atoms with E-state index >= 15 is 0 Å². The first-order valence-corrected chi connectivity index (χ1v) is 11.6. The fraction of sp³-hybridized carbons (Fsp3) is 0.0800. The Morgan fingerprint density at radius 3 is 2.06 bits per heavy atom. The number of para-hydroxylation sites is 1. The first-order valence-electron chi connectivity index (χ1n) is 9.69. The molecule has 0 saturated heterocycles. The molecule has 7 heteroatoms. The van der Waals surface area contributed by atoms with Crippen molar-refractivity contribution in [2.45, 2.75) is 4.90 Å². The van der Waals surface area contributed by atoms with E-state index in [9.17, 15) is 18.3 Å². The lowest BCUT2D eigenvalue weighted by Crippen LogP contribution is -1.99. The van der Waals surface area contributed by atoms with Crippen molar-refractivity contribution in [2.24, 2.45) is 0 Å². The van der Waals surface area contributed by atoms with E-state index in [1.807, 2.05) is 0 Å². The van der Waals surface area contributed by atoms with Crippen molar-refractivity contribution in [3.05, 3.63) is 95.2 Å². The van der Waals surface area contributed by atoms with E-state index in [4.69, 9.17) is 9.47 Å². The summed E-state index contributed by atoms with van der Waals surface area (Å²) in [6, 6.07) is 19.9. The van der Waals surface area contributed by atoms with Crippen LogP contribution in [0, 0.1) is 0 Å². The van der Waals surface area contributed by atoms with Gasteiger partial charge in [-0.3, -0.25) is 0 Å². The molecule has 0 aromatic heterocycles. The van der Waals surface area contributed by atoms with E-state index in [-0.39, 0.29) is 16.4 Å². The van der Waals surface area contributed by atoms with Gasteiger partial charge in [-0.05, 0) is 47.5 Å². The summed E-state index contributed by atoms with van der Waals surface area (Å²) in [5.41, 5.74) is 2.55. The fourth-order valence-corrected chi connectivity index (χ4v) is 4.09. The van der Waals surface area contributed by atoms with Gasteiger partial charge in [-0.15, -0.1) is 0 Å². The number of allylic oxidation sites excluding steroid dienone is 1. The second kappa shape index (κ2) is 8.36. The maximum atomic E-state index is 12.9. The average molecular weight is 448 g/mol. The summed E-state index contributed by atoms with van der Waals surface area (Å²) >= 11 is 0. The number of esters is 1. The minimum Gasteiger partial charge on any atom is -0.507 e. The van der Waals surface area contributed by atoms with E-state index < -0.39 is 15.8 Å². The number of cyclic esters (lactones) is 1. The summed E-state index contributed by atoms with van der Waals surface area (Å²) in [4.78, 5) is 13.1. The number of phenolic OH excluding ortho intramolecular Hbond substituents is 1. The number of benzene rings is 3. The molecule has 1 N–H and O–H groups in total. The van der Waals surface area contributed by atoms with Gasteiger partial charge in [-0.1, -0.05) is 42.5 Å². The molecule has 0 amide bonds. The van der Waals surface area contributed by atoms with Gasteiger partial charge < -0.3 is 14.6 Å². The summed E-state index contributed by atoms with van der Waals surface area (Å²) < 4.78 is 34.5. The second-order valence-corrected chi connectivity index (χ2v) is 9.25. The minimum atomic E-state index is -3.37. The third kappa shape index (κ3) is 4.15. The number of aromatic hydroxyl groups is 1. The van der Waals surface area contributed by atoms with Crippen molar-refractivity contribution in [1.82, 2.24) is 0 Å². The van der Waals surface area contributed by atoms with Crippen molar-refractivity contribution < 1.29 is 27.8 Å². The van der Waals surface area contributed by atoms with Crippen LogP contribution >= 0.6 is 0 Å². The minimum absolute atomic E-state index is 0.0423. The van der Waals surface area contributed by atoms with Crippen molar-refractivity contribution >= 4 is 33.0 Å². The maximum Gasteiger partial charge on any atom is 0.344 e. The van der Waals surface area contributed by atoms with E-state index in [2.05, 4.69) is 0 Å². The van der Waals surface area contributed by atoms with Crippen molar-refractivity contribution in [3.63, 3.8) is 0 Å². The van der Waals surface area contributed by atoms with Gasteiger partial charge in [-0.25, -0.2) is 13.2 Å². The molecule has 0 aliphatic carbocycles. The summed E-state index contributed by atoms with van der Waals surface area (Å²) in [5.74, 6) is 0.402. The quantitative estimate of drug-likeness (QED) is 0.585. The zero-order valence-corrected chi connectivity index (χ0v) is 18.2. The van der Waals surface area contributed by atoms with Crippen LogP contribution in [0.15, 0.2) is 83.5 Å². The van der Waals surface area contributed by atoms with Crippen LogP contribution in [0.5, 0.6) is 11.5 Å². The van der Waals surface area contributed by atoms with E-state index in [0.29, 0.717) is 33.6 Å². The largest absolute Gasteiger partial charge is 0.507 e. The Morgan fingerprint density at radius 1 is 0.875 bits per heavy atom. The van der Waals surface area contributed by atoms with Gasteiger partial charge in [0, 0.05) is 17.4 Å². The van der Waals surface area contributed by atoms with Gasteiger partial charge in [0.15, 0.2) is 9.84 Å². The molecule has 0 fully saturated rings. The molecule has 0 radical (unpaired) electrons. The maximum absolute atomic E-state index is 12.9. The number of hydrogen-bond acceptors (Lipinski definition) is 6. The third-order valence-corrected chi connectivity index (χ3v) is 6.20. The van der Waals surface area contributed by atoms with Crippen molar-refractivity contribution in [2.75, 3.05) is 13.4 Å². The zero-order chi connectivity index (χ0) is 22.9. The summed E-state index contributed by atoms with van der Waals surface area (Å²) in [6.07, 6.45) is 2.72. The van der Waals surface area contributed by atoms with E-state index in [1.165, 1.54) is 18.2 Å². The van der Waals surface area contributed by atoms with Gasteiger partial charge >= 0.3 is 5.97 Å². The Balaban J connectivity index is 1.93. The molecule has 3 aromatic rings. The molecule has 1 aliphatic rings. The second-order valence-electron chi connectivity index (χ2n) is 7.23. The molecule has 0 unspecified atom stereocenters. The molecule has 1 aliphatic heterocycles. The van der Waals surface area contributed by atoms with Crippen LogP contribution in [0.25, 0.3) is 17.2 Å². The summed E-state index contributed by atoms with van der Waals surface area (Å²) in [5, 5.41) is 10.2. The Hall–Kier alpha value is -3.84. The van der Waals surface area contributed by atoms with Gasteiger partial charge in [-0.2, -0.15) is 0 Å². The highest BCUT2D eigenvalue weighted by molar-refractivity contribution is 7.90. The standard InChI is InChI=1S/C25H20O6S/c1-30-19-11-7-17(8-12-19)24-23(16-9-13-20(14-10-16)32(2,28)29)22(31-25(24)27)15-18-5-3-4-6-21(18)26/h3-15,26H,1-2H3/b22-15-. The van der Waals surface area contributed by atoms with Gasteiger partial charge in [0.05, 0.1) is 17.6 Å². The number of methoxy groups -OCH3 is 1. The lowest BCUT2D eigenvalue weighted by Gasteiger charge is -2.09. The molecule has 0 bridgehead atoms. The predicted molar refractivity (Wildman–Crippen MR) is 122 cm³/mol. The van der Waals surface area contributed by atoms with Crippen LogP contribution < -0.4 is 4.74 Å². The number of carbonyl (C=O) groups excluding carboxylic acids is 1. The van der Waals surface area contributed by atoms with Gasteiger partial charge in [0.2, 0.25) is 0 Å². The normalized spacial score (nSPS) is 15.2. The van der Waals surface area contributed by atoms with Gasteiger partial charge in [0.1, 0.15) is 17.3 Å². The lowest BCUT2D eigenvalue weighted by molar-refractivity contribution is -0.131. The molecule has 0 saturated carbocycles. The molecular weight excluding hydrogens is 428 g/mol.